The molecule has 1 aromatic rings. The minimum absolute atomic E-state index is 0.132. The van der Waals surface area contributed by atoms with Crippen molar-refractivity contribution < 1.29 is 14.6 Å². The zero-order valence-corrected chi connectivity index (χ0v) is 12.7. The summed E-state index contributed by atoms with van der Waals surface area (Å²) in [6.07, 6.45) is -0.338. The van der Waals surface area contributed by atoms with Crippen LogP contribution in [-0.2, 0) is 0 Å². The predicted molar refractivity (Wildman–Crippen MR) is 80.1 cm³/mol. The van der Waals surface area contributed by atoms with E-state index in [0.29, 0.717) is 0 Å². The van der Waals surface area contributed by atoms with Crippen molar-refractivity contribution in [3.05, 3.63) is 23.8 Å². The average Bonchev–Trinajstić information content (AvgIpc) is 2.43. The molecule has 5 heteroatoms. The highest BCUT2D eigenvalue weighted by atomic mass is 32.2. The predicted octanol–water partition coefficient (Wildman–Crippen LogP) is 2.21. The maximum atomic E-state index is 9.47. The second-order valence-electron chi connectivity index (χ2n) is 4.49. The maximum absolute atomic E-state index is 9.47. The molecule has 4 nitrogen and oxygen atoms in total. The van der Waals surface area contributed by atoms with Crippen LogP contribution in [0.4, 0.5) is 0 Å². The largest absolute Gasteiger partial charge is 0.497 e. The Balaban J connectivity index is 2.73. The summed E-state index contributed by atoms with van der Waals surface area (Å²) in [4.78, 5) is 0. The van der Waals surface area contributed by atoms with Gasteiger partial charge in [0.1, 0.15) is 11.5 Å². The first-order valence-corrected chi connectivity index (χ1v) is 7.31. The number of thioether (sulfide) groups is 1. The van der Waals surface area contributed by atoms with E-state index in [9.17, 15) is 5.11 Å². The van der Waals surface area contributed by atoms with E-state index in [1.54, 1.807) is 32.9 Å². The van der Waals surface area contributed by atoms with Crippen molar-refractivity contribution in [1.29, 1.82) is 0 Å². The van der Waals surface area contributed by atoms with Gasteiger partial charge in [0.2, 0.25) is 0 Å². The zero-order chi connectivity index (χ0) is 14.4. The van der Waals surface area contributed by atoms with Crippen LogP contribution in [0.2, 0.25) is 0 Å². The molecule has 0 saturated carbocycles. The van der Waals surface area contributed by atoms with Crippen LogP contribution in [0.3, 0.4) is 0 Å². The fourth-order valence-corrected chi connectivity index (χ4v) is 2.58. The zero-order valence-electron chi connectivity index (χ0n) is 11.9. The number of hydrogen-bond acceptors (Lipinski definition) is 5. The maximum Gasteiger partial charge on any atom is 0.127 e. The molecule has 108 valence electrons. The molecule has 19 heavy (non-hydrogen) atoms. The molecule has 3 atom stereocenters. The number of rotatable bonds is 7. The highest BCUT2D eigenvalue weighted by Crippen LogP contribution is 2.31. The van der Waals surface area contributed by atoms with Gasteiger partial charge in [-0.1, -0.05) is 13.0 Å². The van der Waals surface area contributed by atoms with E-state index in [-0.39, 0.29) is 17.4 Å². The average molecular weight is 285 g/mol. The molecule has 0 aliphatic rings. The fraction of sp³-hybridized carbons (Fsp3) is 0.571. The number of hydrogen-bond donors (Lipinski definition) is 2. The lowest BCUT2D eigenvalue weighted by molar-refractivity contribution is 0.196. The van der Waals surface area contributed by atoms with Gasteiger partial charge < -0.3 is 20.3 Å². The third kappa shape index (κ3) is 4.60. The Bertz CT molecular complexity index is 398. The first-order chi connectivity index (χ1) is 8.99. The number of ether oxygens (including phenoxy) is 2. The third-order valence-corrected chi connectivity index (χ3v) is 4.53. The van der Waals surface area contributed by atoms with Crippen LogP contribution in [0.25, 0.3) is 0 Å². The van der Waals surface area contributed by atoms with Crippen molar-refractivity contribution >= 4 is 11.8 Å². The first kappa shape index (κ1) is 16.1. The molecule has 3 unspecified atom stereocenters. The summed E-state index contributed by atoms with van der Waals surface area (Å²) in [5.74, 6) is 2.21. The van der Waals surface area contributed by atoms with Crippen molar-refractivity contribution in [1.82, 2.24) is 0 Å². The Morgan fingerprint density at radius 2 is 1.95 bits per heavy atom. The van der Waals surface area contributed by atoms with Crippen LogP contribution in [-0.4, -0.2) is 36.4 Å². The van der Waals surface area contributed by atoms with Crippen molar-refractivity contribution in [3.63, 3.8) is 0 Å². The van der Waals surface area contributed by atoms with Crippen LogP contribution >= 0.6 is 11.8 Å². The summed E-state index contributed by atoms with van der Waals surface area (Å²) in [6, 6.07) is 5.50. The van der Waals surface area contributed by atoms with Gasteiger partial charge in [-0.15, -0.1) is 0 Å². The van der Waals surface area contributed by atoms with Gasteiger partial charge in [0.05, 0.1) is 20.3 Å². The number of methoxy groups -OCH3 is 2. The van der Waals surface area contributed by atoms with Gasteiger partial charge >= 0.3 is 0 Å². The molecule has 0 saturated heterocycles. The summed E-state index contributed by atoms with van der Waals surface area (Å²) in [5.41, 5.74) is 7.14. The van der Waals surface area contributed by atoms with E-state index >= 15 is 0 Å². The van der Waals surface area contributed by atoms with Crippen molar-refractivity contribution in [3.8, 4) is 11.5 Å². The van der Waals surface area contributed by atoms with Gasteiger partial charge in [0, 0.05) is 28.7 Å². The minimum atomic E-state index is -0.338. The van der Waals surface area contributed by atoms with Crippen molar-refractivity contribution in [2.24, 2.45) is 5.73 Å². The van der Waals surface area contributed by atoms with E-state index in [1.807, 2.05) is 25.1 Å². The third-order valence-electron chi connectivity index (χ3n) is 3.06. The van der Waals surface area contributed by atoms with E-state index in [2.05, 4.69) is 0 Å². The Labute approximate surface area is 119 Å². The van der Waals surface area contributed by atoms with Crippen molar-refractivity contribution in [2.45, 2.75) is 31.2 Å². The summed E-state index contributed by atoms with van der Waals surface area (Å²) in [7, 11) is 3.24. The first-order valence-electron chi connectivity index (χ1n) is 6.26. The number of benzene rings is 1. The standard InChI is InChI=1S/C14H23NO3S/c1-9(16)10(2)19-8-13(15)12-6-5-11(17-3)7-14(12)18-4/h5-7,9-10,13,16H,8,15H2,1-4H3. The van der Waals surface area contributed by atoms with Gasteiger partial charge in [0.25, 0.3) is 0 Å². The molecule has 0 fully saturated rings. The number of nitrogens with two attached hydrogens (primary N) is 1. The Kier molecular flexibility index (Phi) is 6.48. The quantitative estimate of drug-likeness (QED) is 0.804. The summed E-state index contributed by atoms with van der Waals surface area (Å²) in [5, 5.41) is 9.63. The minimum Gasteiger partial charge on any atom is -0.497 e. The normalized spacial score (nSPS) is 15.7. The smallest absolute Gasteiger partial charge is 0.127 e. The van der Waals surface area contributed by atoms with Crippen LogP contribution in [0, 0.1) is 0 Å². The molecule has 0 amide bonds. The van der Waals surface area contributed by atoms with Gasteiger partial charge in [-0.3, -0.25) is 0 Å². The van der Waals surface area contributed by atoms with E-state index in [0.717, 1.165) is 22.8 Å². The molecule has 0 aliphatic heterocycles. The second-order valence-corrected chi connectivity index (χ2v) is 5.90. The fourth-order valence-electron chi connectivity index (χ4n) is 1.61. The highest BCUT2D eigenvalue weighted by molar-refractivity contribution is 7.99. The van der Waals surface area contributed by atoms with Gasteiger partial charge in [-0.25, -0.2) is 0 Å². The molecular weight excluding hydrogens is 262 g/mol. The Hall–Kier alpha value is -0.910. The van der Waals surface area contributed by atoms with E-state index in [1.165, 1.54) is 0 Å². The van der Waals surface area contributed by atoms with E-state index in [4.69, 9.17) is 15.2 Å². The Morgan fingerprint density at radius 3 is 2.47 bits per heavy atom. The molecule has 1 rings (SSSR count). The van der Waals surface area contributed by atoms with Gasteiger partial charge in [-0.05, 0) is 13.0 Å². The Morgan fingerprint density at radius 1 is 1.26 bits per heavy atom. The molecule has 0 bridgehead atoms. The lowest BCUT2D eigenvalue weighted by atomic mass is 10.1. The topological polar surface area (TPSA) is 64.7 Å². The molecule has 3 N–H and O–H groups in total. The highest BCUT2D eigenvalue weighted by Gasteiger charge is 2.16. The lowest BCUT2D eigenvalue weighted by Gasteiger charge is -2.19. The molecule has 0 heterocycles. The van der Waals surface area contributed by atoms with Crippen LogP contribution < -0.4 is 15.2 Å². The van der Waals surface area contributed by atoms with E-state index < -0.39 is 0 Å². The molecule has 0 aliphatic carbocycles. The van der Waals surface area contributed by atoms with Crippen LogP contribution in [0.5, 0.6) is 11.5 Å². The lowest BCUT2D eigenvalue weighted by Crippen LogP contribution is -2.20. The van der Waals surface area contributed by atoms with Crippen molar-refractivity contribution in [2.75, 3.05) is 20.0 Å². The second kappa shape index (κ2) is 7.62. The number of aliphatic hydroxyl groups is 1. The van der Waals surface area contributed by atoms with Gasteiger partial charge in [-0.2, -0.15) is 11.8 Å². The SMILES string of the molecule is COc1ccc(C(N)CSC(C)C(C)O)c(OC)c1. The summed E-state index contributed by atoms with van der Waals surface area (Å²) < 4.78 is 10.5. The van der Waals surface area contributed by atoms with Gasteiger partial charge in [0.15, 0.2) is 0 Å². The van der Waals surface area contributed by atoms with Crippen LogP contribution in [0.1, 0.15) is 25.5 Å². The molecule has 1 aromatic carbocycles. The monoisotopic (exact) mass is 285 g/mol. The summed E-state index contributed by atoms with van der Waals surface area (Å²) >= 11 is 1.65. The molecular formula is C14H23NO3S. The molecule has 0 aromatic heterocycles. The molecule has 0 spiro atoms. The summed E-state index contributed by atoms with van der Waals surface area (Å²) in [6.45, 7) is 3.78. The number of aliphatic hydroxyl groups excluding tert-OH is 1. The molecule has 0 radical (unpaired) electrons. The van der Waals surface area contributed by atoms with Crippen LogP contribution in [0.15, 0.2) is 18.2 Å².